The number of nitrogen functional groups attached to an aromatic ring is 1. The molecule has 0 fully saturated rings. The summed E-state index contributed by atoms with van der Waals surface area (Å²) in [6, 6.07) is 13.6. The Bertz CT molecular complexity index is 631. The van der Waals surface area contributed by atoms with Crippen molar-refractivity contribution in [2.75, 3.05) is 7.11 Å². The molecule has 0 unspecified atom stereocenters. The molecule has 2 aromatic carbocycles. The Kier molecular flexibility index (Phi) is 5.09. The minimum Gasteiger partial charge on any atom is -0.496 e. The Morgan fingerprint density at radius 2 is 2.05 bits per heavy atom. The van der Waals surface area contributed by atoms with Gasteiger partial charge in [0.1, 0.15) is 11.6 Å². The van der Waals surface area contributed by atoms with Crippen LogP contribution in [0.3, 0.4) is 0 Å². The lowest BCUT2D eigenvalue weighted by atomic mass is 10.2. The van der Waals surface area contributed by atoms with Crippen LogP contribution in [0.5, 0.6) is 5.75 Å². The first kappa shape index (κ1) is 14.9. The van der Waals surface area contributed by atoms with Crippen LogP contribution in [0.15, 0.2) is 51.8 Å². The molecule has 0 atom stereocenters. The van der Waals surface area contributed by atoms with Crippen molar-refractivity contribution >= 4 is 33.5 Å². The Hall–Kier alpha value is -1.46. The molecular formula is C15H15BrN2OS. The van der Waals surface area contributed by atoms with E-state index in [1.54, 1.807) is 18.9 Å². The number of nitrogens with one attached hydrogen (secondary N) is 1. The molecule has 0 aromatic heterocycles. The van der Waals surface area contributed by atoms with Gasteiger partial charge in [-0.3, -0.25) is 5.41 Å². The van der Waals surface area contributed by atoms with Crippen LogP contribution in [0.2, 0.25) is 0 Å². The first-order chi connectivity index (χ1) is 9.61. The van der Waals surface area contributed by atoms with Crippen LogP contribution in [0.25, 0.3) is 0 Å². The van der Waals surface area contributed by atoms with Gasteiger partial charge in [-0.1, -0.05) is 34.1 Å². The minimum atomic E-state index is 0.0920. The second-order valence-corrected chi connectivity index (χ2v) is 6.09. The number of benzene rings is 2. The van der Waals surface area contributed by atoms with Gasteiger partial charge >= 0.3 is 0 Å². The van der Waals surface area contributed by atoms with Crippen molar-refractivity contribution in [2.24, 2.45) is 5.73 Å². The molecule has 3 nitrogen and oxygen atoms in total. The largest absolute Gasteiger partial charge is 0.496 e. The average molecular weight is 351 g/mol. The molecular weight excluding hydrogens is 336 g/mol. The Morgan fingerprint density at radius 1 is 1.30 bits per heavy atom. The van der Waals surface area contributed by atoms with E-state index in [4.69, 9.17) is 15.9 Å². The molecule has 20 heavy (non-hydrogen) atoms. The van der Waals surface area contributed by atoms with E-state index in [0.29, 0.717) is 0 Å². The fourth-order valence-corrected chi connectivity index (χ4v) is 3.28. The molecule has 3 N–H and O–H groups in total. The summed E-state index contributed by atoms with van der Waals surface area (Å²) < 4.78 is 6.39. The molecule has 0 saturated heterocycles. The Balaban J connectivity index is 2.21. The van der Waals surface area contributed by atoms with Crippen molar-refractivity contribution in [3.8, 4) is 5.75 Å². The molecule has 2 aromatic rings. The summed E-state index contributed by atoms with van der Waals surface area (Å²) in [7, 11) is 1.67. The van der Waals surface area contributed by atoms with Gasteiger partial charge in [0.25, 0.3) is 0 Å². The molecule has 5 heteroatoms. The highest BCUT2D eigenvalue weighted by Gasteiger charge is 2.08. The summed E-state index contributed by atoms with van der Waals surface area (Å²) in [6.07, 6.45) is 0. The third-order valence-electron chi connectivity index (χ3n) is 2.80. The lowest BCUT2D eigenvalue weighted by Crippen LogP contribution is -2.12. The second kappa shape index (κ2) is 6.81. The van der Waals surface area contributed by atoms with Crippen LogP contribution in [0.1, 0.15) is 11.1 Å². The van der Waals surface area contributed by atoms with Gasteiger partial charge in [-0.05, 0) is 24.3 Å². The molecule has 0 aliphatic rings. The van der Waals surface area contributed by atoms with Crippen molar-refractivity contribution < 1.29 is 4.74 Å². The summed E-state index contributed by atoms with van der Waals surface area (Å²) in [5.74, 6) is 1.71. The summed E-state index contributed by atoms with van der Waals surface area (Å²) in [5.41, 5.74) is 7.47. The number of rotatable bonds is 5. The molecule has 0 spiro atoms. The summed E-state index contributed by atoms with van der Waals surface area (Å²) in [4.78, 5) is 1.00. The number of hydrogen-bond acceptors (Lipinski definition) is 3. The number of nitrogens with two attached hydrogens (primary N) is 1. The van der Waals surface area contributed by atoms with E-state index >= 15 is 0 Å². The lowest BCUT2D eigenvalue weighted by Gasteiger charge is -2.11. The smallest absolute Gasteiger partial charge is 0.123 e. The summed E-state index contributed by atoms with van der Waals surface area (Å²) in [5, 5.41) is 7.60. The highest BCUT2D eigenvalue weighted by molar-refractivity contribution is 9.10. The van der Waals surface area contributed by atoms with E-state index in [9.17, 15) is 0 Å². The van der Waals surface area contributed by atoms with E-state index in [2.05, 4.69) is 15.9 Å². The van der Waals surface area contributed by atoms with E-state index in [1.807, 2.05) is 42.5 Å². The van der Waals surface area contributed by atoms with E-state index in [0.717, 1.165) is 32.0 Å². The summed E-state index contributed by atoms with van der Waals surface area (Å²) >= 11 is 5.12. The average Bonchev–Trinajstić information content (AvgIpc) is 2.45. The standard InChI is InChI=1S/C15H15BrN2OS/c1-19-13-7-6-11(16)8-10(13)9-20-14-5-3-2-4-12(14)15(17)18/h2-8H,9H2,1H3,(H3,17,18). The number of halogens is 1. The van der Waals surface area contributed by atoms with E-state index in [-0.39, 0.29) is 5.84 Å². The highest BCUT2D eigenvalue weighted by Crippen LogP contribution is 2.31. The minimum absolute atomic E-state index is 0.0920. The van der Waals surface area contributed by atoms with E-state index in [1.165, 1.54) is 0 Å². The van der Waals surface area contributed by atoms with Crippen LogP contribution in [-0.2, 0) is 5.75 Å². The molecule has 2 rings (SSSR count). The van der Waals surface area contributed by atoms with Crippen LogP contribution in [0, 0.1) is 5.41 Å². The van der Waals surface area contributed by atoms with Gasteiger partial charge < -0.3 is 10.5 Å². The maximum atomic E-state index is 7.60. The van der Waals surface area contributed by atoms with Gasteiger partial charge in [-0.25, -0.2) is 0 Å². The number of thioether (sulfide) groups is 1. The molecule has 0 aliphatic heterocycles. The van der Waals surface area contributed by atoms with Crippen molar-refractivity contribution in [1.29, 1.82) is 5.41 Å². The van der Waals surface area contributed by atoms with Crippen LogP contribution in [0.4, 0.5) is 0 Å². The maximum absolute atomic E-state index is 7.60. The predicted octanol–water partition coefficient (Wildman–Crippen LogP) is 4.03. The van der Waals surface area contributed by atoms with Gasteiger partial charge in [0.15, 0.2) is 0 Å². The normalized spacial score (nSPS) is 10.3. The quantitative estimate of drug-likeness (QED) is 0.486. The zero-order valence-electron chi connectivity index (χ0n) is 11.0. The Morgan fingerprint density at radius 3 is 2.75 bits per heavy atom. The maximum Gasteiger partial charge on any atom is 0.123 e. The van der Waals surface area contributed by atoms with E-state index < -0.39 is 0 Å². The molecule has 0 saturated carbocycles. The van der Waals surface area contributed by atoms with Gasteiger partial charge in [0.05, 0.1) is 7.11 Å². The monoisotopic (exact) mass is 350 g/mol. The topological polar surface area (TPSA) is 59.1 Å². The molecule has 104 valence electrons. The van der Waals surface area contributed by atoms with Crippen molar-refractivity contribution in [3.63, 3.8) is 0 Å². The fraction of sp³-hybridized carbons (Fsp3) is 0.133. The molecule has 0 aliphatic carbocycles. The second-order valence-electron chi connectivity index (χ2n) is 4.15. The third kappa shape index (κ3) is 3.55. The van der Waals surface area contributed by atoms with Gasteiger partial charge in [0, 0.05) is 26.2 Å². The first-order valence-electron chi connectivity index (χ1n) is 6.00. The highest BCUT2D eigenvalue weighted by atomic mass is 79.9. The predicted molar refractivity (Wildman–Crippen MR) is 87.7 cm³/mol. The van der Waals surface area contributed by atoms with Crippen LogP contribution < -0.4 is 10.5 Å². The zero-order chi connectivity index (χ0) is 14.5. The zero-order valence-corrected chi connectivity index (χ0v) is 13.4. The van der Waals surface area contributed by atoms with Crippen molar-refractivity contribution in [2.45, 2.75) is 10.6 Å². The van der Waals surface area contributed by atoms with Crippen molar-refractivity contribution in [1.82, 2.24) is 0 Å². The molecule has 0 heterocycles. The van der Waals surface area contributed by atoms with Crippen LogP contribution in [-0.4, -0.2) is 12.9 Å². The summed E-state index contributed by atoms with van der Waals surface area (Å²) in [6.45, 7) is 0. The van der Waals surface area contributed by atoms with Crippen LogP contribution >= 0.6 is 27.7 Å². The van der Waals surface area contributed by atoms with Gasteiger partial charge in [-0.15, -0.1) is 11.8 Å². The molecule has 0 bridgehead atoms. The van der Waals surface area contributed by atoms with Crippen molar-refractivity contribution in [3.05, 3.63) is 58.1 Å². The SMILES string of the molecule is COc1ccc(Br)cc1CSc1ccccc1C(=N)N. The third-order valence-corrected chi connectivity index (χ3v) is 4.42. The fourth-order valence-electron chi connectivity index (χ4n) is 1.83. The number of methoxy groups -OCH3 is 1. The lowest BCUT2D eigenvalue weighted by molar-refractivity contribution is 0.411. The van der Waals surface area contributed by atoms with Gasteiger partial charge in [-0.2, -0.15) is 0 Å². The van der Waals surface area contributed by atoms with Gasteiger partial charge in [0.2, 0.25) is 0 Å². The Labute approximate surface area is 131 Å². The molecule has 0 radical (unpaired) electrons. The molecule has 0 amide bonds. The number of ether oxygens (including phenoxy) is 1. The number of hydrogen-bond donors (Lipinski definition) is 2. The first-order valence-corrected chi connectivity index (χ1v) is 7.78. The number of amidine groups is 1.